The molecule has 0 amide bonds. The summed E-state index contributed by atoms with van der Waals surface area (Å²) >= 11 is 1.57. The van der Waals surface area contributed by atoms with Gasteiger partial charge >= 0.3 is 0 Å². The normalized spacial score (nSPS) is 17.2. The van der Waals surface area contributed by atoms with Crippen molar-refractivity contribution in [3.05, 3.63) is 78.1 Å². The van der Waals surface area contributed by atoms with E-state index in [9.17, 15) is 8.42 Å². The minimum atomic E-state index is -3.48. The van der Waals surface area contributed by atoms with Gasteiger partial charge in [-0.3, -0.25) is 0 Å². The molecule has 8 nitrogen and oxygen atoms in total. The van der Waals surface area contributed by atoms with Gasteiger partial charge in [-0.25, -0.2) is 23.4 Å². The molecule has 2 aromatic carbocycles. The second-order valence-electron chi connectivity index (χ2n) is 10.3. The van der Waals surface area contributed by atoms with Crippen molar-refractivity contribution in [2.45, 2.75) is 50.0 Å². The van der Waals surface area contributed by atoms with Gasteiger partial charge in [0, 0.05) is 51.4 Å². The number of fused-ring (bicyclic) bond motifs is 1. The lowest BCUT2D eigenvalue weighted by molar-refractivity contribution is 0.170. The zero-order valence-electron chi connectivity index (χ0n) is 22.6. The van der Waals surface area contributed by atoms with Gasteiger partial charge in [-0.05, 0) is 53.8 Å². The Morgan fingerprint density at radius 3 is 2.50 bits per heavy atom. The van der Waals surface area contributed by atoms with Gasteiger partial charge in [-0.15, -0.1) is 0 Å². The first-order valence-corrected chi connectivity index (χ1v) is 16.1. The number of benzene rings is 2. The number of ether oxygens (including phenoxy) is 1. The molecule has 0 bridgehead atoms. The van der Waals surface area contributed by atoms with Crippen molar-refractivity contribution in [2.24, 2.45) is 0 Å². The number of piperidine rings is 1. The third kappa shape index (κ3) is 5.75. The third-order valence-corrected chi connectivity index (χ3v) is 10.3. The van der Waals surface area contributed by atoms with E-state index in [0.29, 0.717) is 29.6 Å². The van der Waals surface area contributed by atoms with Crippen LogP contribution in [-0.4, -0.2) is 60.0 Å². The largest absolute Gasteiger partial charge is 0.467 e. The zero-order valence-corrected chi connectivity index (χ0v) is 24.2. The highest BCUT2D eigenvalue weighted by Crippen LogP contribution is 2.34. The second-order valence-corrected chi connectivity index (χ2v) is 13.2. The summed E-state index contributed by atoms with van der Waals surface area (Å²) in [5, 5.41) is 0.698. The summed E-state index contributed by atoms with van der Waals surface area (Å²) in [6, 6.07) is 14.9. The molecule has 1 fully saturated rings. The van der Waals surface area contributed by atoms with Crippen molar-refractivity contribution in [2.75, 3.05) is 31.1 Å². The number of aromatic nitrogens is 3. The summed E-state index contributed by atoms with van der Waals surface area (Å²) in [5.74, 6) is 0.795. The van der Waals surface area contributed by atoms with Crippen LogP contribution in [0.15, 0.2) is 71.9 Å². The van der Waals surface area contributed by atoms with Crippen LogP contribution in [0, 0.1) is 0 Å². The molecule has 2 aromatic heterocycles. The number of rotatable bonds is 8. The lowest BCUT2D eigenvalue weighted by Crippen LogP contribution is -2.39. The fraction of sp³-hybridized carbons (Fsp3) is 0.367. The zero-order chi connectivity index (χ0) is 27.5. The lowest BCUT2D eigenvalue weighted by Gasteiger charge is -2.31. The molecule has 2 aliphatic rings. The van der Waals surface area contributed by atoms with E-state index in [1.807, 2.05) is 30.6 Å². The van der Waals surface area contributed by atoms with Gasteiger partial charge in [0.2, 0.25) is 16.0 Å². The molecule has 1 saturated heterocycles. The standard InChI is InChI=1S/C30H33N5O3S2/c1-2-6-22-20-31-29(32-21-22)34-15-13-25(14-16-34)38-30-33-27-10-9-24(19-28(27)39-30)23-11-17-35(18-12-23)40(36,37)26-7-4-3-5-8-26/h3-5,7-11,19-21,25H,2,6,12-18H2,1H3. The van der Waals surface area contributed by atoms with Crippen molar-refractivity contribution in [1.82, 2.24) is 19.3 Å². The lowest BCUT2D eigenvalue weighted by atomic mass is 10.0. The smallest absolute Gasteiger partial charge is 0.274 e. The molecule has 40 heavy (non-hydrogen) atoms. The number of aryl methyl sites for hydroxylation is 1. The summed E-state index contributed by atoms with van der Waals surface area (Å²) in [5.41, 5.74) is 4.37. The van der Waals surface area contributed by atoms with Crippen LogP contribution in [0.4, 0.5) is 5.95 Å². The van der Waals surface area contributed by atoms with E-state index in [1.165, 1.54) is 5.56 Å². The molecular weight excluding hydrogens is 542 g/mol. The first kappa shape index (κ1) is 26.9. The van der Waals surface area contributed by atoms with E-state index in [2.05, 4.69) is 33.9 Å². The number of thiazole rings is 1. The average Bonchev–Trinajstić information content (AvgIpc) is 3.40. The Morgan fingerprint density at radius 2 is 1.80 bits per heavy atom. The first-order chi connectivity index (χ1) is 19.5. The van der Waals surface area contributed by atoms with Crippen LogP contribution in [0.1, 0.15) is 43.7 Å². The van der Waals surface area contributed by atoms with Crippen LogP contribution < -0.4 is 9.64 Å². The number of hydrogen-bond donors (Lipinski definition) is 0. The molecule has 0 saturated carbocycles. The molecular formula is C30H33N5O3S2. The topological polar surface area (TPSA) is 88.5 Å². The minimum Gasteiger partial charge on any atom is -0.467 e. The quantitative estimate of drug-likeness (QED) is 0.272. The molecule has 0 unspecified atom stereocenters. The molecule has 0 N–H and O–H groups in total. The summed E-state index contributed by atoms with van der Waals surface area (Å²) in [6.07, 6.45) is 10.6. The predicted molar refractivity (Wildman–Crippen MR) is 159 cm³/mol. The van der Waals surface area contributed by atoms with Gasteiger partial charge in [0.05, 0.1) is 15.1 Å². The highest BCUT2D eigenvalue weighted by atomic mass is 32.2. The van der Waals surface area contributed by atoms with Crippen LogP contribution >= 0.6 is 11.3 Å². The van der Waals surface area contributed by atoms with Crippen LogP contribution in [-0.2, 0) is 16.4 Å². The first-order valence-electron chi connectivity index (χ1n) is 13.9. The number of hydrogen-bond acceptors (Lipinski definition) is 8. The maximum atomic E-state index is 13.0. The maximum absolute atomic E-state index is 13.0. The Labute approximate surface area is 239 Å². The Morgan fingerprint density at radius 1 is 1.02 bits per heavy atom. The Kier molecular flexibility index (Phi) is 7.82. The summed E-state index contributed by atoms with van der Waals surface area (Å²) < 4.78 is 34.9. The summed E-state index contributed by atoms with van der Waals surface area (Å²) in [6.45, 7) is 4.71. The molecule has 10 heteroatoms. The Bertz CT molecular complexity index is 1600. The highest BCUT2D eigenvalue weighted by molar-refractivity contribution is 7.89. The van der Waals surface area contributed by atoms with Crippen LogP contribution in [0.5, 0.6) is 5.19 Å². The fourth-order valence-corrected chi connectivity index (χ4v) is 7.59. The summed E-state index contributed by atoms with van der Waals surface area (Å²) in [7, 11) is -3.48. The van der Waals surface area contributed by atoms with Gasteiger partial charge < -0.3 is 9.64 Å². The van der Waals surface area contributed by atoms with Gasteiger partial charge in [0.25, 0.3) is 5.19 Å². The van der Waals surface area contributed by atoms with Crippen molar-refractivity contribution >= 4 is 43.1 Å². The fourth-order valence-electron chi connectivity index (χ4n) is 5.27. The SMILES string of the molecule is CCCc1cnc(N2CCC(Oc3nc4ccc(C5=CCN(S(=O)(=O)c6ccccc6)CC5)cc4s3)CC2)nc1. The monoisotopic (exact) mass is 575 g/mol. The number of anilines is 1. The van der Waals surface area contributed by atoms with E-state index >= 15 is 0 Å². The van der Waals surface area contributed by atoms with Gasteiger partial charge in [0.1, 0.15) is 6.10 Å². The van der Waals surface area contributed by atoms with E-state index in [-0.39, 0.29) is 6.10 Å². The molecule has 6 rings (SSSR count). The molecule has 0 spiro atoms. The number of nitrogens with zero attached hydrogens (tertiary/aromatic N) is 5. The van der Waals surface area contributed by atoms with Crippen molar-refractivity contribution in [3.8, 4) is 5.19 Å². The molecule has 4 heterocycles. The molecule has 0 aliphatic carbocycles. The second kappa shape index (κ2) is 11.6. The van der Waals surface area contributed by atoms with Gasteiger partial charge in [0.15, 0.2) is 0 Å². The minimum absolute atomic E-state index is 0.120. The van der Waals surface area contributed by atoms with Crippen molar-refractivity contribution in [3.63, 3.8) is 0 Å². The van der Waals surface area contributed by atoms with E-state index in [0.717, 1.165) is 66.1 Å². The van der Waals surface area contributed by atoms with Crippen molar-refractivity contribution in [1.29, 1.82) is 0 Å². The molecule has 0 atom stereocenters. The maximum Gasteiger partial charge on any atom is 0.274 e. The van der Waals surface area contributed by atoms with Gasteiger partial charge in [-0.1, -0.05) is 55.0 Å². The van der Waals surface area contributed by atoms with E-state index < -0.39 is 10.0 Å². The average molecular weight is 576 g/mol. The van der Waals surface area contributed by atoms with Crippen LogP contribution in [0.25, 0.3) is 15.8 Å². The molecule has 4 aromatic rings. The molecule has 2 aliphatic heterocycles. The highest BCUT2D eigenvalue weighted by Gasteiger charge is 2.27. The molecule has 0 radical (unpaired) electrons. The van der Waals surface area contributed by atoms with Gasteiger partial charge in [-0.2, -0.15) is 4.31 Å². The Balaban J connectivity index is 1.07. The van der Waals surface area contributed by atoms with Crippen molar-refractivity contribution < 1.29 is 13.2 Å². The van der Waals surface area contributed by atoms with Crippen LogP contribution in [0.2, 0.25) is 0 Å². The molecule has 208 valence electrons. The summed E-state index contributed by atoms with van der Waals surface area (Å²) in [4.78, 5) is 16.4. The van der Waals surface area contributed by atoms with E-state index in [4.69, 9.17) is 9.72 Å². The number of sulfonamides is 1. The van der Waals surface area contributed by atoms with E-state index in [1.54, 1.807) is 39.9 Å². The Hall–Kier alpha value is -3.34. The van der Waals surface area contributed by atoms with Crippen LogP contribution in [0.3, 0.4) is 0 Å². The third-order valence-electron chi connectivity index (χ3n) is 7.52. The predicted octanol–water partition coefficient (Wildman–Crippen LogP) is 5.56.